The summed E-state index contributed by atoms with van der Waals surface area (Å²) < 4.78 is 5.37. The Kier molecular flexibility index (Phi) is 5.66. The van der Waals surface area contributed by atoms with Crippen LogP contribution in [0.4, 0.5) is 5.69 Å². The van der Waals surface area contributed by atoms with Gasteiger partial charge >= 0.3 is 0 Å². The molecule has 2 aromatic rings. The number of benzene rings is 2. The van der Waals surface area contributed by atoms with Crippen molar-refractivity contribution in [3.63, 3.8) is 0 Å². The summed E-state index contributed by atoms with van der Waals surface area (Å²) in [7, 11) is 0. The van der Waals surface area contributed by atoms with E-state index in [1.807, 2.05) is 13.0 Å². The van der Waals surface area contributed by atoms with Crippen molar-refractivity contribution in [3.8, 4) is 5.75 Å². The van der Waals surface area contributed by atoms with Crippen LogP contribution in [0.1, 0.15) is 11.1 Å². The Bertz CT molecular complexity index is 689. The van der Waals surface area contributed by atoms with E-state index in [0.717, 1.165) is 11.1 Å². The van der Waals surface area contributed by atoms with Gasteiger partial charge in [-0.15, -0.1) is 0 Å². The molecule has 2 N–H and O–H groups in total. The molecule has 1 amide bonds. The topological polar surface area (TPSA) is 58.6 Å². The molecule has 2 rings (SSSR count). The maximum atomic E-state index is 11.9. The highest BCUT2D eigenvalue weighted by Crippen LogP contribution is 2.26. The lowest BCUT2D eigenvalue weighted by Gasteiger charge is -2.11. The summed E-state index contributed by atoms with van der Waals surface area (Å²) in [6.45, 7) is 1.64. The molecular weight excluding hydrogens is 325 g/mol. The molecule has 0 atom stereocenters. The molecular formula is C16H15Cl2NO3. The highest BCUT2D eigenvalue weighted by molar-refractivity contribution is 6.42. The molecule has 0 aliphatic rings. The molecule has 0 unspecified atom stereocenters. The standard InChI is InChI=1S/C16H15Cl2NO3/c1-10-2-3-11(8-20)6-15(10)19-16(21)9-22-12-4-5-13(17)14(18)7-12/h2-7,20H,8-9H2,1H3,(H,19,21). The minimum atomic E-state index is -0.302. The number of hydrogen-bond acceptors (Lipinski definition) is 3. The zero-order valence-electron chi connectivity index (χ0n) is 11.9. The molecule has 116 valence electrons. The summed E-state index contributed by atoms with van der Waals surface area (Å²) in [6, 6.07) is 10.2. The van der Waals surface area contributed by atoms with Crippen LogP contribution >= 0.6 is 23.2 Å². The van der Waals surface area contributed by atoms with Crippen LogP contribution in [-0.2, 0) is 11.4 Å². The van der Waals surface area contributed by atoms with E-state index in [4.69, 9.17) is 33.0 Å². The minimum absolute atomic E-state index is 0.0804. The molecule has 0 saturated carbocycles. The number of ether oxygens (including phenoxy) is 1. The van der Waals surface area contributed by atoms with Gasteiger partial charge < -0.3 is 15.2 Å². The summed E-state index contributed by atoms with van der Waals surface area (Å²) in [4.78, 5) is 11.9. The second-order valence-electron chi connectivity index (χ2n) is 4.72. The van der Waals surface area contributed by atoms with Gasteiger partial charge in [-0.3, -0.25) is 4.79 Å². The first-order valence-electron chi connectivity index (χ1n) is 6.57. The van der Waals surface area contributed by atoms with Gasteiger partial charge in [0, 0.05) is 11.8 Å². The molecule has 6 heteroatoms. The van der Waals surface area contributed by atoms with Crippen molar-refractivity contribution >= 4 is 34.8 Å². The number of aliphatic hydroxyl groups excluding tert-OH is 1. The largest absolute Gasteiger partial charge is 0.484 e. The third-order valence-corrected chi connectivity index (χ3v) is 3.76. The van der Waals surface area contributed by atoms with Crippen LogP contribution in [0.3, 0.4) is 0 Å². The Balaban J connectivity index is 1.97. The Morgan fingerprint density at radius 2 is 1.95 bits per heavy atom. The van der Waals surface area contributed by atoms with Crippen LogP contribution in [0, 0.1) is 6.92 Å². The van der Waals surface area contributed by atoms with Gasteiger partial charge in [0.25, 0.3) is 5.91 Å². The molecule has 0 aliphatic heterocycles. The summed E-state index contributed by atoms with van der Waals surface area (Å²) in [5.41, 5.74) is 2.28. The molecule has 2 aromatic carbocycles. The molecule has 4 nitrogen and oxygen atoms in total. The van der Waals surface area contributed by atoms with Gasteiger partial charge in [0.1, 0.15) is 5.75 Å². The quantitative estimate of drug-likeness (QED) is 0.870. The van der Waals surface area contributed by atoms with Crippen LogP contribution in [0.25, 0.3) is 0 Å². The third-order valence-electron chi connectivity index (χ3n) is 3.02. The Labute approximate surface area is 138 Å². The predicted octanol–water partition coefficient (Wildman–Crippen LogP) is 3.81. The molecule has 22 heavy (non-hydrogen) atoms. The SMILES string of the molecule is Cc1ccc(CO)cc1NC(=O)COc1ccc(Cl)c(Cl)c1. The van der Waals surface area contributed by atoms with Crippen molar-refractivity contribution in [2.45, 2.75) is 13.5 Å². The molecule has 0 aromatic heterocycles. The minimum Gasteiger partial charge on any atom is -0.484 e. The van der Waals surface area contributed by atoms with Crippen molar-refractivity contribution in [3.05, 3.63) is 57.6 Å². The monoisotopic (exact) mass is 339 g/mol. The van der Waals surface area contributed by atoms with Crippen LogP contribution in [0.15, 0.2) is 36.4 Å². The second-order valence-corrected chi connectivity index (χ2v) is 5.53. The fourth-order valence-electron chi connectivity index (χ4n) is 1.80. The summed E-state index contributed by atoms with van der Waals surface area (Å²) in [5.74, 6) is 0.162. The first-order chi connectivity index (χ1) is 10.5. The fraction of sp³-hybridized carbons (Fsp3) is 0.188. The zero-order valence-corrected chi connectivity index (χ0v) is 13.4. The first kappa shape index (κ1) is 16.6. The van der Waals surface area contributed by atoms with E-state index in [1.54, 1.807) is 30.3 Å². The van der Waals surface area contributed by atoms with Crippen LogP contribution in [-0.4, -0.2) is 17.6 Å². The average molecular weight is 340 g/mol. The van der Waals surface area contributed by atoms with E-state index in [1.165, 1.54) is 0 Å². The number of aliphatic hydroxyl groups is 1. The van der Waals surface area contributed by atoms with Gasteiger partial charge in [-0.05, 0) is 36.2 Å². The number of hydrogen-bond donors (Lipinski definition) is 2. The summed E-state index contributed by atoms with van der Waals surface area (Å²) in [6.07, 6.45) is 0. The lowest BCUT2D eigenvalue weighted by atomic mass is 10.1. The van der Waals surface area contributed by atoms with Crippen molar-refractivity contribution < 1.29 is 14.6 Å². The number of anilines is 1. The molecule has 0 bridgehead atoms. The Morgan fingerprint density at radius 1 is 1.18 bits per heavy atom. The molecule has 0 spiro atoms. The molecule has 0 heterocycles. The lowest BCUT2D eigenvalue weighted by Crippen LogP contribution is -2.20. The molecule has 0 aliphatic carbocycles. The average Bonchev–Trinajstić information content (AvgIpc) is 2.50. The van der Waals surface area contributed by atoms with Gasteiger partial charge in [0.2, 0.25) is 0 Å². The first-order valence-corrected chi connectivity index (χ1v) is 7.33. The number of amides is 1. The number of halogens is 2. The fourth-order valence-corrected chi connectivity index (χ4v) is 2.09. The van der Waals surface area contributed by atoms with E-state index < -0.39 is 0 Å². The highest BCUT2D eigenvalue weighted by Gasteiger charge is 2.08. The predicted molar refractivity (Wildman–Crippen MR) is 87.7 cm³/mol. The number of nitrogens with one attached hydrogen (secondary N) is 1. The van der Waals surface area contributed by atoms with Gasteiger partial charge in [0.15, 0.2) is 6.61 Å². The number of carbonyl (C=O) groups excluding carboxylic acids is 1. The van der Waals surface area contributed by atoms with E-state index in [-0.39, 0.29) is 19.1 Å². The van der Waals surface area contributed by atoms with Gasteiger partial charge in [-0.1, -0.05) is 35.3 Å². The van der Waals surface area contributed by atoms with Gasteiger partial charge in [-0.25, -0.2) is 0 Å². The van der Waals surface area contributed by atoms with Gasteiger partial charge in [-0.2, -0.15) is 0 Å². The zero-order chi connectivity index (χ0) is 16.1. The maximum Gasteiger partial charge on any atom is 0.262 e. The van der Waals surface area contributed by atoms with E-state index in [0.29, 0.717) is 21.5 Å². The van der Waals surface area contributed by atoms with Crippen LogP contribution < -0.4 is 10.1 Å². The normalized spacial score (nSPS) is 10.4. The van der Waals surface area contributed by atoms with E-state index in [2.05, 4.69) is 5.32 Å². The molecule has 0 radical (unpaired) electrons. The van der Waals surface area contributed by atoms with Gasteiger partial charge in [0.05, 0.1) is 16.7 Å². The Morgan fingerprint density at radius 3 is 2.64 bits per heavy atom. The lowest BCUT2D eigenvalue weighted by molar-refractivity contribution is -0.118. The smallest absolute Gasteiger partial charge is 0.262 e. The summed E-state index contributed by atoms with van der Waals surface area (Å²) >= 11 is 11.7. The second kappa shape index (κ2) is 7.49. The van der Waals surface area contributed by atoms with Crippen LogP contribution in [0.5, 0.6) is 5.75 Å². The van der Waals surface area contributed by atoms with E-state index >= 15 is 0 Å². The van der Waals surface area contributed by atoms with Crippen molar-refractivity contribution in [2.75, 3.05) is 11.9 Å². The van der Waals surface area contributed by atoms with Crippen molar-refractivity contribution in [2.24, 2.45) is 0 Å². The summed E-state index contributed by atoms with van der Waals surface area (Å²) in [5, 5.41) is 12.7. The number of carbonyl (C=O) groups is 1. The van der Waals surface area contributed by atoms with Crippen LogP contribution in [0.2, 0.25) is 10.0 Å². The third kappa shape index (κ3) is 4.37. The van der Waals surface area contributed by atoms with Crippen molar-refractivity contribution in [1.82, 2.24) is 0 Å². The Hall–Kier alpha value is -1.75. The number of aryl methyl sites for hydroxylation is 1. The molecule has 0 fully saturated rings. The molecule has 0 saturated heterocycles. The van der Waals surface area contributed by atoms with E-state index in [9.17, 15) is 4.79 Å². The number of rotatable bonds is 5. The maximum absolute atomic E-state index is 11.9. The van der Waals surface area contributed by atoms with Crippen molar-refractivity contribution in [1.29, 1.82) is 0 Å². The highest BCUT2D eigenvalue weighted by atomic mass is 35.5.